The van der Waals surface area contributed by atoms with E-state index < -0.39 is 0 Å². The molecule has 1 amide bonds. The molecule has 1 aromatic carbocycles. The SMILES string of the molecule is Cc1cc(C(=O)N2CCCC(N)C2)nn1-c1ccccc1.Cl. The lowest BCUT2D eigenvalue weighted by Crippen LogP contribution is -2.45. The molecule has 0 radical (unpaired) electrons. The fourth-order valence-electron chi connectivity index (χ4n) is 2.77. The Bertz CT molecular complexity index is 641. The van der Waals surface area contributed by atoms with Crippen molar-refractivity contribution in [1.82, 2.24) is 14.7 Å². The van der Waals surface area contributed by atoms with Crippen molar-refractivity contribution in [2.24, 2.45) is 5.73 Å². The van der Waals surface area contributed by atoms with Crippen LogP contribution in [0.2, 0.25) is 0 Å². The Morgan fingerprint density at radius 3 is 2.73 bits per heavy atom. The van der Waals surface area contributed by atoms with Gasteiger partial charge < -0.3 is 10.6 Å². The largest absolute Gasteiger partial charge is 0.336 e. The van der Waals surface area contributed by atoms with Crippen LogP contribution in [0.4, 0.5) is 0 Å². The van der Waals surface area contributed by atoms with Gasteiger partial charge in [0.25, 0.3) is 5.91 Å². The Morgan fingerprint density at radius 2 is 2.05 bits per heavy atom. The molecule has 1 aliphatic heterocycles. The van der Waals surface area contributed by atoms with Gasteiger partial charge in [0.15, 0.2) is 5.69 Å². The summed E-state index contributed by atoms with van der Waals surface area (Å²) in [6.07, 6.45) is 1.95. The highest BCUT2D eigenvalue weighted by Crippen LogP contribution is 2.15. The number of halogens is 1. The van der Waals surface area contributed by atoms with Crippen LogP contribution in [-0.4, -0.2) is 39.7 Å². The van der Waals surface area contributed by atoms with Crippen LogP contribution in [0.25, 0.3) is 5.69 Å². The average molecular weight is 321 g/mol. The number of hydrogen-bond acceptors (Lipinski definition) is 3. The number of benzene rings is 1. The van der Waals surface area contributed by atoms with Crippen LogP contribution < -0.4 is 5.73 Å². The number of nitrogens with zero attached hydrogens (tertiary/aromatic N) is 3. The van der Waals surface area contributed by atoms with E-state index in [1.807, 2.05) is 48.2 Å². The minimum atomic E-state index is -0.0251. The van der Waals surface area contributed by atoms with Crippen LogP contribution in [0.1, 0.15) is 29.0 Å². The van der Waals surface area contributed by atoms with Gasteiger partial charge in [0.05, 0.1) is 5.69 Å². The molecule has 1 fully saturated rings. The highest BCUT2D eigenvalue weighted by molar-refractivity contribution is 5.92. The number of likely N-dealkylation sites (tertiary alicyclic amines) is 1. The van der Waals surface area contributed by atoms with Crippen LogP contribution in [0, 0.1) is 6.92 Å². The lowest BCUT2D eigenvalue weighted by Gasteiger charge is -2.30. The van der Waals surface area contributed by atoms with Crippen LogP contribution in [0.3, 0.4) is 0 Å². The number of nitrogens with two attached hydrogens (primary N) is 1. The maximum absolute atomic E-state index is 12.5. The standard InChI is InChI=1S/C16H20N4O.ClH/c1-12-10-15(16(21)19-9-5-6-13(17)11-19)18-20(12)14-7-3-2-4-8-14;/h2-4,7-8,10,13H,5-6,9,11,17H2,1H3;1H. The molecule has 2 N–H and O–H groups in total. The third-order valence-corrected chi connectivity index (χ3v) is 3.85. The van der Waals surface area contributed by atoms with Gasteiger partial charge >= 0.3 is 0 Å². The van der Waals surface area contributed by atoms with Gasteiger partial charge in [-0.1, -0.05) is 18.2 Å². The lowest BCUT2D eigenvalue weighted by molar-refractivity contribution is 0.0702. The molecule has 118 valence electrons. The van der Waals surface area contributed by atoms with Crippen molar-refractivity contribution in [2.45, 2.75) is 25.8 Å². The molecular formula is C16H21ClN4O. The van der Waals surface area contributed by atoms with Crippen LogP contribution in [0.15, 0.2) is 36.4 Å². The van der Waals surface area contributed by atoms with Gasteiger partial charge in [-0.25, -0.2) is 4.68 Å². The summed E-state index contributed by atoms with van der Waals surface area (Å²) >= 11 is 0. The van der Waals surface area contributed by atoms with E-state index in [1.54, 1.807) is 4.68 Å². The van der Waals surface area contributed by atoms with Crippen molar-refractivity contribution < 1.29 is 4.79 Å². The lowest BCUT2D eigenvalue weighted by atomic mass is 10.1. The predicted molar refractivity (Wildman–Crippen MR) is 88.7 cm³/mol. The van der Waals surface area contributed by atoms with Crippen molar-refractivity contribution >= 4 is 18.3 Å². The van der Waals surface area contributed by atoms with Gasteiger partial charge in [-0.2, -0.15) is 5.10 Å². The maximum Gasteiger partial charge on any atom is 0.274 e. The Labute approximate surface area is 136 Å². The number of amides is 1. The number of piperidine rings is 1. The van der Waals surface area contributed by atoms with Crippen molar-refractivity contribution in [2.75, 3.05) is 13.1 Å². The summed E-state index contributed by atoms with van der Waals surface area (Å²) < 4.78 is 1.80. The van der Waals surface area contributed by atoms with Gasteiger partial charge in [-0.3, -0.25) is 4.79 Å². The first-order valence-electron chi connectivity index (χ1n) is 7.32. The predicted octanol–water partition coefficient (Wildman–Crippen LogP) is 2.17. The first-order valence-corrected chi connectivity index (χ1v) is 7.32. The molecule has 1 saturated heterocycles. The molecule has 3 rings (SSSR count). The monoisotopic (exact) mass is 320 g/mol. The van der Waals surface area contributed by atoms with E-state index >= 15 is 0 Å². The topological polar surface area (TPSA) is 64.2 Å². The number of carbonyl (C=O) groups excluding carboxylic acids is 1. The molecule has 5 nitrogen and oxygen atoms in total. The number of rotatable bonds is 2. The quantitative estimate of drug-likeness (QED) is 0.922. The summed E-state index contributed by atoms with van der Waals surface area (Å²) in [5.41, 5.74) is 8.35. The zero-order chi connectivity index (χ0) is 14.8. The van der Waals surface area contributed by atoms with Crippen LogP contribution in [0.5, 0.6) is 0 Å². The van der Waals surface area contributed by atoms with Crippen molar-refractivity contribution in [1.29, 1.82) is 0 Å². The summed E-state index contributed by atoms with van der Waals surface area (Å²) in [6.45, 7) is 3.35. The van der Waals surface area contributed by atoms with Gasteiger partial charge in [0, 0.05) is 24.8 Å². The third-order valence-electron chi connectivity index (χ3n) is 3.85. The number of aryl methyl sites for hydroxylation is 1. The van der Waals surface area contributed by atoms with E-state index in [0.29, 0.717) is 12.2 Å². The molecule has 0 aliphatic carbocycles. The van der Waals surface area contributed by atoms with Gasteiger partial charge in [-0.05, 0) is 38.0 Å². The molecule has 1 unspecified atom stereocenters. The number of carbonyl (C=O) groups is 1. The van der Waals surface area contributed by atoms with Gasteiger partial charge in [-0.15, -0.1) is 12.4 Å². The minimum Gasteiger partial charge on any atom is -0.336 e. The molecule has 2 heterocycles. The molecule has 2 aromatic rings. The highest BCUT2D eigenvalue weighted by Gasteiger charge is 2.24. The van der Waals surface area contributed by atoms with Crippen molar-refractivity contribution in [3.05, 3.63) is 47.8 Å². The first kappa shape index (κ1) is 16.5. The summed E-state index contributed by atoms with van der Waals surface area (Å²) in [6, 6.07) is 11.8. The van der Waals surface area contributed by atoms with E-state index in [2.05, 4.69) is 5.10 Å². The van der Waals surface area contributed by atoms with E-state index in [0.717, 1.165) is 30.8 Å². The van der Waals surface area contributed by atoms with Crippen LogP contribution >= 0.6 is 12.4 Å². The van der Waals surface area contributed by atoms with E-state index in [4.69, 9.17) is 5.73 Å². The Hall–Kier alpha value is -1.85. The second-order valence-electron chi connectivity index (χ2n) is 5.57. The average Bonchev–Trinajstić information content (AvgIpc) is 2.89. The summed E-state index contributed by atoms with van der Waals surface area (Å²) in [7, 11) is 0. The number of hydrogen-bond donors (Lipinski definition) is 1. The minimum absolute atomic E-state index is 0. The zero-order valence-corrected chi connectivity index (χ0v) is 13.4. The van der Waals surface area contributed by atoms with E-state index in [9.17, 15) is 4.79 Å². The van der Waals surface area contributed by atoms with Gasteiger partial charge in [0.1, 0.15) is 0 Å². The second kappa shape index (κ2) is 6.94. The summed E-state index contributed by atoms with van der Waals surface area (Å²) in [4.78, 5) is 14.3. The number of para-hydroxylation sites is 1. The molecular weight excluding hydrogens is 300 g/mol. The highest BCUT2D eigenvalue weighted by atomic mass is 35.5. The third kappa shape index (κ3) is 3.31. The summed E-state index contributed by atoms with van der Waals surface area (Å²) in [5.74, 6) is -0.0251. The van der Waals surface area contributed by atoms with E-state index in [1.165, 1.54) is 0 Å². The molecule has 1 aliphatic rings. The smallest absolute Gasteiger partial charge is 0.274 e. The first-order chi connectivity index (χ1) is 10.1. The fourth-order valence-corrected chi connectivity index (χ4v) is 2.77. The normalized spacial score (nSPS) is 17.9. The molecule has 6 heteroatoms. The zero-order valence-electron chi connectivity index (χ0n) is 12.6. The Morgan fingerprint density at radius 1 is 1.32 bits per heavy atom. The van der Waals surface area contributed by atoms with E-state index in [-0.39, 0.29) is 24.4 Å². The Balaban J connectivity index is 0.00000176. The molecule has 1 aromatic heterocycles. The molecule has 0 saturated carbocycles. The maximum atomic E-state index is 12.5. The van der Waals surface area contributed by atoms with Gasteiger partial charge in [0.2, 0.25) is 0 Å². The fraction of sp³-hybridized carbons (Fsp3) is 0.375. The molecule has 22 heavy (non-hydrogen) atoms. The van der Waals surface area contributed by atoms with Crippen molar-refractivity contribution in [3.63, 3.8) is 0 Å². The molecule has 1 atom stereocenters. The van der Waals surface area contributed by atoms with Crippen LogP contribution in [-0.2, 0) is 0 Å². The molecule has 0 bridgehead atoms. The Kier molecular flexibility index (Phi) is 5.21. The number of aromatic nitrogens is 2. The second-order valence-corrected chi connectivity index (χ2v) is 5.57. The van der Waals surface area contributed by atoms with Crippen molar-refractivity contribution in [3.8, 4) is 5.69 Å². The molecule has 0 spiro atoms. The summed E-state index contributed by atoms with van der Waals surface area (Å²) in [5, 5.41) is 4.46.